The number of rotatable bonds is 5. The lowest BCUT2D eigenvalue weighted by Gasteiger charge is -2.44. The van der Waals surface area contributed by atoms with Gasteiger partial charge in [-0.05, 0) is 52.3 Å². The van der Waals surface area contributed by atoms with Gasteiger partial charge >= 0.3 is 11.9 Å². The van der Waals surface area contributed by atoms with Crippen LogP contribution in [0, 0.1) is 17.7 Å². The molecule has 0 heterocycles. The summed E-state index contributed by atoms with van der Waals surface area (Å²) in [5.74, 6) is -6.04. The molecular formula is C21H27FO6. The van der Waals surface area contributed by atoms with Gasteiger partial charge in [0.1, 0.15) is 11.7 Å². The average Bonchev–Trinajstić information content (AvgIpc) is 2.52. The van der Waals surface area contributed by atoms with Gasteiger partial charge in [0, 0.05) is 12.3 Å². The molecule has 0 aromatic heterocycles. The summed E-state index contributed by atoms with van der Waals surface area (Å²) in [4.78, 5) is 38.4. The summed E-state index contributed by atoms with van der Waals surface area (Å²) in [7, 11) is 0. The van der Waals surface area contributed by atoms with Crippen molar-refractivity contribution in [1.82, 2.24) is 0 Å². The van der Waals surface area contributed by atoms with Gasteiger partial charge in [-0.2, -0.15) is 0 Å². The molecule has 7 heteroatoms. The van der Waals surface area contributed by atoms with Gasteiger partial charge in [-0.1, -0.05) is 12.1 Å². The van der Waals surface area contributed by atoms with Crippen molar-refractivity contribution in [3.05, 3.63) is 35.6 Å². The van der Waals surface area contributed by atoms with E-state index in [1.165, 1.54) is 31.2 Å². The molecule has 1 aliphatic carbocycles. The summed E-state index contributed by atoms with van der Waals surface area (Å²) in [6, 6.07) is 5.16. The summed E-state index contributed by atoms with van der Waals surface area (Å²) >= 11 is 0. The fraction of sp³-hybridized carbons (Fsp3) is 0.571. The Hall–Kier alpha value is -2.28. The molecule has 1 fully saturated rings. The lowest BCUT2D eigenvalue weighted by Crippen LogP contribution is -2.55. The number of aliphatic hydroxyl groups is 1. The highest BCUT2D eigenvalue weighted by molar-refractivity contribution is 6.02. The van der Waals surface area contributed by atoms with E-state index in [0.29, 0.717) is 5.56 Å². The van der Waals surface area contributed by atoms with Gasteiger partial charge in [-0.25, -0.2) is 4.39 Å². The van der Waals surface area contributed by atoms with Crippen LogP contribution in [0.5, 0.6) is 0 Å². The van der Waals surface area contributed by atoms with E-state index in [-0.39, 0.29) is 6.42 Å². The van der Waals surface area contributed by atoms with E-state index < -0.39 is 59.1 Å². The molecule has 0 bridgehead atoms. The number of benzene rings is 1. The van der Waals surface area contributed by atoms with Crippen LogP contribution in [0.25, 0.3) is 0 Å². The molecule has 0 saturated heterocycles. The molecule has 0 radical (unpaired) electrons. The van der Waals surface area contributed by atoms with Crippen molar-refractivity contribution in [2.24, 2.45) is 11.8 Å². The van der Waals surface area contributed by atoms with E-state index in [2.05, 4.69) is 0 Å². The Morgan fingerprint density at radius 1 is 1.07 bits per heavy atom. The molecule has 0 aliphatic heterocycles. The number of hydrogen-bond donors (Lipinski definition) is 1. The van der Waals surface area contributed by atoms with Crippen LogP contribution in [0.4, 0.5) is 4.39 Å². The number of carbonyl (C=O) groups excluding carboxylic acids is 3. The number of esters is 2. The maximum absolute atomic E-state index is 13.4. The van der Waals surface area contributed by atoms with Crippen LogP contribution in [0.2, 0.25) is 0 Å². The zero-order valence-electron chi connectivity index (χ0n) is 16.8. The van der Waals surface area contributed by atoms with Crippen molar-refractivity contribution in [2.75, 3.05) is 0 Å². The van der Waals surface area contributed by atoms with Gasteiger partial charge in [0.2, 0.25) is 0 Å². The standard InChI is InChI=1S/C21H27FO6/c1-11(2)27-19(24)17-15(23)10-21(5,26)18(20(25)28-12(3)4)16(17)13-6-8-14(22)9-7-13/h6-9,11-12,16-18,26H,10H2,1-5H3/t16-,17-,18-,21-/m1/s1. The van der Waals surface area contributed by atoms with Crippen LogP contribution in [-0.4, -0.2) is 40.6 Å². The SMILES string of the molecule is CC(C)OC(=O)[C@@H]1C(=O)C[C@@](C)(O)[C@@H](C(=O)OC(C)C)[C@@H]1c1ccc(F)cc1. The zero-order valence-corrected chi connectivity index (χ0v) is 16.8. The minimum absolute atomic E-state index is 0.381. The number of carbonyl (C=O) groups is 3. The normalized spacial score (nSPS) is 27.8. The third-order valence-corrected chi connectivity index (χ3v) is 4.73. The molecule has 154 valence electrons. The van der Waals surface area contributed by atoms with Gasteiger partial charge in [-0.15, -0.1) is 0 Å². The number of halogens is 1. The highest BCUT2D eigenvalue weighted by Crippen LogP contribution is 2.47. The predicted octanol–water partition coefficient (Wildman–Crippen LogP) is 2.77. The van der Waals surface area contributed by atoms with Crippen LogP contribution in [0.1, 0.15) is 52.5 Å². The first-order valence-corrected chi connectivity index (χ1v) is 9.35. The van der Waals surface area contributed by atoms with Crippen molar-refractivity contribution in [3.8, 4) is 0 Å². The average molecular weight is 394 g/mol. The summed E-state index contributed by atoms with van der Waals surface area (Å²) < 4.78 is 24.0. The Bertz CT molecular complexity index is 730. The van der Waals surface area contributed by atoms with Gasteiger partial charge in [0.15, 0.2) is 5.78 Å². The molecule has 6 nitrogen and oxygen atoms in total. The second kappa shape index (κ2) is 8.39. The summed E-state index contributed by atoms with van der Waals surface area (Å²) in [6.45, 7) is 8.01. The third-order valence-electron chi connectivity index (χ3n) is 4.73. The maximum atomic E-state index is 13.4. The number of ketones is 1. The first kappa shape index (κ1) is 22.0. The summed E-state index contributed by atoms with van der Waals surface area (Å²) in [5, 5.41) is 10.9. The molecule has 4 atom stereocenters. The minimum atomic E-state index is -1.73. The molecule has 2 rings (SSSR count). The molecule has 0 amide bonds. The predicted molar refractivity (Wildman–Crippen MR) is 98.8 cm³/mol. The molecule has 0 unspecified atom stereocenters. The fourth-order valence-corrected chi connectivity index (χ4v) is 3.71. The van der Waals surface area contributed by atoms with Gasteiger partial charge < -0.3 is 14.6 Å². The molecule has 1 N–H and O–H groups in total. The quantitative estimate of drug-likeness (QED) is 0.610. The van der Waals surface area contributed by atoms with Crippen LogP contribution < -0.4 is 0 Å². The first-order chi connectivity index (χ1) is 12.9. The smallest absolute Gasteiger partial charge is 0.317 e. The van der Waals surface area contributed by atoms with E-state index in [9.17, 15) is 23.9 Å². The molecule has 1 aromatic rings. The summed E-state index contributed by atoms with van der Waals surface area (Å²) in [5.41, 5.74) is -1.34. The molecule has 1 aliphatic rings. The molecular weight excluding hydrogens is 367 g/mol. The molecule has 28 heavy (non-hydrogen) atoms. The lowest BCUT2D eigenvalue weighted by molar-refractivity contribution is -0.176. The Labute approximate surface area is 164 Å². The second-order valence-corrected chi connectivity index (χ2v) is 8.00. The van der Waals surface area contributed by atoms with Crippen LogP contribution in [0.15, 0.2) is 24.3 Å². The van der Waals surface area contributed by atoms with Crippen molar-refractivity contribution in [2.45, 2.75) is 64.8 Å². The van der Waals surface area contributed by atoms with Crippen molar-refractivity contribution in [3.63, 3.8) is 0 Å². The summed E-state index contributed by atoms with van der Waals surface area (Å²) in [6.07, 6.45) is -1.30. The van der Waals surface area contributed by atoms with Crippen LogP contribution in [-0.2, 0) is 23.9 Å². The van der Waals surface area contributed by atoms with Gasteiger partial charge in [0.05, 0.1) is 23.7 Å². The van der Waals surface area contributed by atoms with Crippen molar-refractivity contribution < 1.29 is 33.4 Å². The zero-order chi connectivity index (χ0) is 21.2. The van der Waals surface area contributed by atoms with Crippen LogP contribution >= 0.6 is 0 Å². The monoisotopic (exact) mass is 394 g/mol. The molecule has 1 aromatic carbocycles. The largest absolute Gasteiger partial charge is 0.463 e. The topological polar surface area (TPSA) is 89.9 Å². The Balaban J connectivity index is 2.59. The van der Waals surface area contributed by atoms with Crippen molar-refractivity contribution >= 4 is 17.7 Å². The lowest BCUT2D eigenvalue weighted by atomic mass is 9.61. The molecule has 0 spiro atoms. The highest BCUT2D eigenvalue weighted by Gasteiger charge is 2.57. The van der Waals surface area contributed by atoms with E-state index in [0.717, 1.165) is 0 Å². The number of ether oxygens (including phenoxy) is 2. The Kier molecular flexibility index (Phi) is 6.59. The van der Waals surface area contributed by atoms with Crippen LogP contribution in [0.3, 0.4) is 0 Å². The second-order valence-electron chi connectivity index (χ2n) is 8.00. The highest BCUT2D eigenvalue weighted by atomic mass is 19.1. The Morgan fingerprint density at radius 3 is 2.07 bits per heavy atom. The van der Waals surface area contributed by atoms with Gasteiger partial charge in [0.25, 0.3) is 0 Å². The van der Waals surface area contributed by atoms with E-state index >= 15 is 0 Å². The van der Waals surface area contributed by atoms with Gasteiger partial charge in [-0.3, -0.25) is 14.4 Å². The van der Waals surface area contributed by atoms with E-state index in [1.54, 1.807) is 27.7 Å². The van der Waals surface area contributed by atoms with E-state index in [1.807, 2.05) is 0 Å². The molecule has 1 saturated carbocycles. The number of hydrogen-bond acceptors (Lipinski definition) is 6. The maximum Gasteiger partial charge on any atom is 0.317 e. The minimum Gasteiger partial charge on any atom is -0.463 e. The van der Waals surface area contributed by atoms with Crippen molar-refractivity contribution in [1.29, 1.82) is 0 Å². The van der Waals surface area contributed by atoms with E-state index in [4.69, 9.17) is 9.47 Å². The third kappa shape index (κ3) is 4.76. The first-order valence-electron chi connectivity index (χ1n) is 9.35. The Morgan fingerprint density at radius 2 is 1.57 bits per heavy atom. The number of Topliss-reactive ketones (excluding diaryl/α,β-unsaturated/α-hetero) is 1. The fourth-order valence-electron chi connectivity index (χ4n) is 3.71.